The molecule has 3 heterocycles. The summed E-state index contributed by atoms with van der Waals surface area (Å²) in [5, 5.41) is 0.639. The van der Waals surface area contributed by atoms with Crippen LogP contribution < -0.4 is 11.2 Å². The molecule has 1 fully saturated rings. The number of ether oxygens (including phenoxy) is 1. The Kier molecular flexibility index (Phi) is 5.68. The predicted octanol–water partition coefficient (Wildman–Crippen LogP) is 1.76. The summed E-state index contributed by atoms with van der Waals surface area (Å²) in [6.45, 7) is 5.06. The minimum absolute atomic E-state index is 0.229. The summed E-state index contributed by atoms with van der Waals surface area (Å²) in [6, 6.07) is 0. The number of aryl methyl sites for hydroxylation is 2. The van der Waals surface area contributed by atoms with E-state index in [0.717, 1.165) is 53.9 Å². The molecule has 0 aromatic carbocycles. The van der Waals surface area contributed by atoms with Gasteiger partial charge in [-0.2, -0.15) is 0 Å². The van der Waals surface area contributed by atoms with Crippen molar-refractivity contribution in [1.82, 2.24) is 14.0 Å². The molecule has 2 aromatic heterocycles. The number of thiophene rings is 1. The van der Waals surface area contributed by atoms with Crippen LogP contribution in [-0.2, 0) is 35.5 Å². The second-order valence-electron chi connectivity index (χ2n) is 7.57. The maximum Gasteiger partial charge on any atom is 0.332 e. The number of fused-ring (bicyclic) bond motifs is 3. The Morgan fingerprint density at radius 3 is 2.57 bits per heavy atom. The fourth-order valence-electron chi connectivity index (χ4n) is 4.35. The van der Waals surface area contributed by atoms with E-state index in [1.165, 1.54) is 24.1 Å². The van der Waals surface area contributed by atoms with E-state index in [4.69, 9.17) is 4.74 Å². The van der Waals surface area contributed by atoms with Crippen LogP contribution in [0.15, 0.2) is 9.59 Å². The number of carbonyl (C=O) groups is 1. The van der Waals surface area contributed by atoms with Crippen LogP contribution >= 0.6 is 11.3 Å². The Labute approximate surface area is 167 Å². The molecule has 8 heteroatoms. The fraction of sp³-hybridized carbons (Fsp3) is 0.650. The van der Waals surface area contributed by atoms with Gasteiger partial charge in [-0.3, -0.25) is 14.2 Å². The zero-order valence-corrected chi connectivity index (χ0v) is 17.2. The SMILES string of the molecule is CCOC(=O)Cn1c(=O)c2c3c(sc2n(CCN2CCCCC2)c1=O)CCC3. The molecule has 28 heavy (non-hydrogen) atoms. The minimum atomic E-state index is -0.546. The van der Waals surface area contributed by atoms with Gasteiger partial charge in [0, 0.05) is 18.0 Å². The number of rotatable bonds is 6. The second-order valence-corrected chi connectivity index (χ2v) is 8.65. The molecule has 0 radical (unpaired) electrons. The predicted molar refractivity (Wildman–Crippen MR) is 109 cm³/mol. The van der Waals surface area contributed by atoms with Crippen molar-refractivity contribution in [3.63, 3.8) is 0 Å². The average molecular weight is 406 g/mol. The summed E-state index contributed by atoms with van der Waals surface area (Å²) in [7, 11) is 0. The lowest BCUT2D eigenvalue weighted by atomic mass is 10.1. The topological polar surface area (TPSA) is 73.5 Å². The van der Waals surface area contributed by atoms with E-state index < -0.39 is 11.7 Å². The molecule has 2 aliphatic rings. The molecule has 0 bridgehead atoms. The lowest BCUT2D eigenvalue weighted by Crippen LogP contribution is -2.43. The fourth-order valence-corrected chi connectivity index (χ4v) is 5.75. The molecule has 1 aliphatic carbocycles. The lowest BCUT2D eigenvalue weighted by molar-refractivity contribution is -0.143. The Hall–Kier alpha value is -1.93. The zero-order chi connectivity index (χ0) is 19.7. The van der Waals surface area contributed by atoms with Gasteiger partial charge in [0.1, 0.15) is 11.4 Å². The quantitative estimate of drug-likeness (QED) is 0.685. The number of hydrogen-bond acceptors (Lipinski definition) is 6. The zero-order valence-electron chi connectivity index (χ0n) is 16.4. The molecular weight excluding hydrogens is 378 g/mol. The van der Waals surface area contributed by atoms with E-state index in [-0.39, 0.29) is 18.7 Å². The molecule has 2 aromatic rings. The van der Waals surface area contributed by atoms with Crippen molar-refractivity contribution in [2.45, 2.75) is 58.5 Å². The van der Waals surface area contributed by atoms with Crippen molar-refractivity contribution in [3.8, 4) is 0 Å². The number of aromatic nitrogens is 2. The Balaban J connectivity index is 1.76. The summed E-state index contributed by atoms with van der Waals surface area (Å²) < 4.78 is 7.77. The Bertz CT molecular complexity index is 998. The van der Waals surface area contributed by atoms with E-state index in [9.17, 15) is 14.4 Å². The number of likely N-dealkylation sites (tertiary alicyclic amines) is 1. The third-order valence-electron chi connectivity index (χ3n) is 5.75. The van der Waals surface area contributed by atoms with E-state index in [0.29, 0.717) is 11.9 Å². The van der Waals surface area contributed by atoms with Gasteiger partial charge in [0.05, 0.1) is 12.0 Å². The van der Waals surface area contributed by atoms with Gasteiger partial charge in [-0.25, -0.2) is 9.36 Å². The monoisotopic (exact) mass is 405 g/mol. The highest BCUT2D eigenvalue weighted by atomic mass is 32.1. The maximum atomic E-state index is 13.1. The van der Waals surface area contributed by atoms with Crippen LogP contribution in [-0.4, -0.2) is 46.2 Å². The van der Waals surface area contributed by atoms with E-state index >= 15 is 0 Å². The van der Waals surface area contributed by atoms with Crippen LogP contribution in [0.25, 0.3) is 10.2 Å². The largest absolute Gasteiger partial charge is 0.465 e. The van der Waals surface area contributed by atoms with Crippen LogP contribution in [0.3, 0.4) is 0 Å². The van der Waals surface area contributed by atoms with Crippen molar-refractivity contribution in [1.29, 1.82) is 0 Å². The average Bonchev–Trinajstić information content (AvgIpc) is 3.27. The van der Waals surface area contributed by atoms with Crippen molar-refractivity contribution >= 4 is 27.5 Å². The molecule has 0 amide bonds. The number of nitrogens with zero attached hydrogens (tertiary/aromatic N) is 3. The van der Waals surface area contributed by atoms with Gasteiger partial charge >= 0.3 is 11.7 Å². The Morgan fingerprint density at radius 2 is 1.82 bits per heavy atom. The summed E-state index contributed by atoms with van der Waals surface area (Å²) in [4.78, 5) is 42.6. The molecule has 0 saturated carbocycles. The number of carbonyl (C=O) groups excluding carboxylic acids is 1. The van der Waals surface area contributed by atoms with Crippen molar-refractivity contribution in [3.05, 3.63) is 31.3 Å². The van der Waals surface area contributed by atoms with E-state index in [2.05, 4.69) is 4.90 Å². The molecule has 7 nitrogen and oxygen atoms in total. The third-order valence-corrected chi connectivity index (χ3v) is 7.06. The van der Waals surface area contributed by atoms with Gasteiger partial charge in [-0.15, -0.1) is 11.3 Å². The molecule has 4 rings (SSSR count). The van der Waals surface area contributed by atoms with Crippen LogP contribution in [0.4, 0.5) is 0 Å². The first-order valence-corrected chi connectivity index (χ1v) is 11.1. The minimum Gasteiger partial charge on any atom is -0.465 e. The van der Waals surface area contributed by atoms with Gasteiger partial charge in [0.2, 0.25) is 0 Å². The molecule has 0 unspecified atom stereocenters. The first-order chi connectivity index (χ1) is 13.6. The summed E-state index contributed by atoms with van der Waals surface area (Å²) >= 11 is 1.58. The highest BCUT2D eigenvalue weighted by Crippen LogP contribution is 2.35. The van der Waals surface area contributed by atoms with Crippen LogP contribution in [0.2, 0.25) is 0 Å². The first kappa shape index (κ1) is 19.4. The van der Waals surface area contributed by atoms with Crippen LogP contribution in [0.1, 0.15) is 43.0 Å². The highest BCUT2D eigenvalue weighted by molar-refractivity contribution is 7.18. The summed E-state index contributed by atoms with van der Waals surface area (Å²) in [6.07, 6.45) is 6.53. The smallest absolute Gasteiger partial charge is 0.332 e. The first-order valence-electron chi connectivity index (χ1n) is 10.3. The Morgan fingerprint density at radius 1 is 1.04 bits per heavy atom. The standard InChI is InChI=1S/C20H27N3O4S/c1-2-27-16(24)13-23-18(25)17-14-7-6-8-15(14)28-19(17)22(20(23)26)12-11-21-9-4-3-5-10-21/h2-13H2,1H3. The van der Waals surface area contributed by atoms with Crippen molar-refractivity contribution in [2.75, 3.05) is 26.2 Å². The van der Waals surface area contributed by atoms with Gasteiger partial charge in [-0.1, -0.05) is 6.42 Å². The highest BCUT2D eigenvalue weighted by Gasteiger charge is 2.25. The van der Waals surface area contributed by atoms with E-state index in [1.54, 1.807) is 22.8 Å². The molecule has 1 aliphatic heterocycles. The van der Waals surface area contributed by atoms with Gasteiger partial charge < -0.3 is 9.64 Å². The molecule has 1 saturated heterocycles. The molecule has 0 spiro atoms. The maximum absolute atomic E-state index is 13.1. The summed E-state index contributed by atoms with van der Waals surface area (Å²) in [5.74, 6) is -0.546. The number of esters is 1. The number of hydrogen-bond donors (Lipinski definition) is 0. The van der Waals surface area contributed by atoms with Crippen LogP contribution in [0, 0.1) is 0 Å². The molecule has 152 valence electrons. The van der Waals surface area contributed by atoms with Gasteiger partial charge in [-0.05, 0) is 57.7 Å². The summed E-state index contributed by atoms with van der Waals surface area (Å²) in [5.41, 5.74) is 0.332. The van der Waals surface area contributed by atoms with Crippen LogP contribution in [0.5, 0.6) is 0 Å². The van der Waals surface area contributed by atoms with Gasteiger partial charge in [0.15, 0.2) is 0 Å². The van der Waals surface area contributed by atoms with E-state index in [1.807, 2.05) is 0 Å². The molecular formula is C20H27N3O4S. The van der Waals surface area contributed by atoms with Gasteiger partial charge in [0.25, 0.3) is 5.56 Å². The lowest BCUT2D eigenvalue weighted by Gasteiger charge is -2.26. The second kappa shape index (κ2) is 8.21. The van der Waals surface area contributed by atoms with Crippen molar-refractivity contribution < 1.29 is 9.53 Å². The molecule has 0 atom stereocenters. The number of piperidine rings is 1. The van der Waals surface area contributed by atoms with Crippen molar-refractivity contribution in [2.24, 2.45) is 0 Å². The normalized spacial score (nSPS) is 17.2. The molecule has 0 N–H and O–H groups in total. The third kappa shape index (κ3) is 3.55.